The topological polar surface area (TPSA) is 46.3 Å². The minimum atomic E-state index is 0.176. The van der Waals surface area contributed by atoms with Crippen LogP contribution in [0.5, 0.6) is 0 Å². The van der Waals surface area contributed by atoms with Gasteiger partial charge in [-0.15, -0.1) is 0 Å². The highest BCUT2D eigenvalue weighted by Crippen LogP contribution is 2.19. The number of amides is 1. The van der Waals surface area contributed by atoms with Crippen LogP contribution in [0.2, 0.25) is 0 Å². The maximum Gasteiger partial charge on any atom is 0.226 e. The van der Waals surface area contributed by atoms with Gasteiger partial charge in [-0.25, -0.2) is 0 Å². The molecule has 19 heavy (non-hydrogen) atoms. The highest BCUT2D eigenvalue weighted by Gasteiger charge is 2.25. The molecule has 1 aliphatic rings. The second-order valence-electron chi connectivity index (χ2n) is 5.77. The molecule has 0 saturated carbocycles. The quantitative estimate of drug-likeness (QED) is 0.905. The third-order valence-electron chi connectivity index (χ3n) is 3.99. The fourth-order valence-electron chi connectivity index (χ4n) is 2.77. The Labute approximate surface area is 115 Å². The zero-order valence-corrected chi connectivity index (χ0v) is 11.9. The van der Waals surface area contributed by atoms with E-state index in [0.29, 0.717) is 12.3 Å². The number of benzene rings is 1. The zero-order valence-electron chi connectivity index (χ0n) is 11.9. The first-order chi connectivity index (χ1) is 9.06. The Kier molecular flexibility index (Phi) is 4.59. The first-order valence-corrected chi connectivity index (χ1v) is 7.15. The molecular formula is C16H24N2O. The Hall–Kier alpha value is -1.35. The standard InChI is InChI=1S/C16H24N2O/c1-12-5-3-6-14(9-12)10-16(19)18-8-4-7-15(11-18)13(2)17/h3,5-6,9,13,15H,4,7-8,10-11,17H2,1-2H3/t13-,15+/m1/s1. The molecule has 0 spiro atoms. The summed E-state index contributed by atoms with van der Waals surface area (Å²) in [5.74, 6) is 0.686. The summed E-state index contributed by atoms with van der Waals surface area (Å²) >= 11 is 0. The largest absolute Gasteiger partial charge is 0.342 e. The van der Waals surface area contributed by atoms with E-state index in [1.165, 1.54) is 5.56 Å². The molecular weight excluding hydrogens is 236 g/mol. The number of aryl methyl sites for hydroxylation is 1. The summed E-state index contributed by atoms with van der Waals surface area (Å²) in [4.78, 5) is 14.3. The van der Waals surface area contributed by atoms with Crippen LogP contribution in [0.15, 0.2) is 24.3 Å². The van der Waals surface area contributed by atoms with Crippen LogP contribution in [0.4, 0.5) is 0 Å². The number of likely N-dealkylation sites (tertiary alicyclic amines) is 1. The second-order valence-corrected chi connectivity index (χ2v) is 5.77. The SMILES string of the molecule is Cc1cccc(CC(=O)N2CCC[C@H]([C@@H](C)N)C2)c1. The van der Waals surface area contributed by atoms with Crippen molar-refractivity contribution in [1.82, 2.24) is 4.90 Å². The van der Waals surface area contributed by atoms with Gasteiger partial charge in [0, 0.05) is 19.1 Å². The summed E-state index contributed by atoms with van der Waals surface area (Å²) in [6.45, 7) is 5.80. The molecule has 3 nitrogen and oxygen atoms in total. The molecule has 1 aromatic rings. The lowest BCUT2D eigenvalue weighted by Crippen LogP contribution is -2.45. The van der Waals surface area contributed by atoms with Crippen molar-refractivity contribution in [3.63, 3.8) is 0 Å². The Morgan fingerprint density at radius 1 is 1.53 bits per heavy atom. The number of nitrogens with zero attached hydrogens (tertiary/aromatic N) is 1. The summed E-state index contributed by atoms with van der Waals surface area (Å²) in [5, 5.41) is 0. The Morgan fingerprint density at radius 2 is 2.32 bits per heavy atom. The fourth-order valence-corrected chi connectivity index (χ4v) is 2.77. The third kappa shape index (κ3) is 3.80. The van der Waals surface area contributed by atoms with E-state index in [4.69, 9.17) is 5.73 Å². The van der Waals surface area contributed by atoms with Gasteiger partial charge in [-0.1, -0.05) is 29.8 Å². The van der Waals surface area contributed by atoms with Gasteiger partial charge in [0.05, 0.1) is 6.42 Å². The number of rotatable bonds is 3. The van der Waals surface area contributed by atoms with Gasteiger partial charge in [-0.2, -0.15) is 0 Å². The van der Waals surface area contributed by atoms with E-state index in [1.54, 1.807) is 0 Å². The molecule has 1 saturated heterocycles. The zero-order chi connectivity index (χ0) is 13.8. The van der Waals surface area contributed by atoms with Gasteiger partial charge < -0.3 is 10.6 Å². The molecule has 1 amide bonds. The lowest BCUT2D eigenvalue weighted by atomic mass is 9.92. The summed E-state index contributed by atoms with van der Waals surface area (Å²) in [6, 6.07) is 8.36. The molecule has 0 radical (unpaired) electrons. The maximum atomic E-state index is 12.3. The van der Waals surface area contributed by atoms with Crippen molar-refractivity contribution in [2.45, 2.75) is 39.2 Å². The van der Waals surface area contributed by atoms with Crippen LogP contribution in [0.1, 0.15) is 30.9 Å². The molecule has 0 bridgehead atoms. The molecule has 0 unspecified atom stereocenters. The molecule has 2 rings (SSSR count). The smallest absolute Gasteiger partial charge is 0.226 e. The van der Waals surface area contributed by atoms with Crippen LogP contribution in [-0.4, -0.2) is 29.9 Å². The van der Waals surface area contributed by atoms with Gasteiger partial charge in [0.2, 0.25) is 5.91 Å². The third-order valence-corrected chi connectivity index (χ3v) is 3.99. The van der Waals surface area contributed by atoms with Crippen LogP contribution in [0, 0.1) is 12.8 Å². The van der Waals surface area contributed by atoms with Crippen molar-refractivity contribution in [3.8, 4) is 0 Å². The van der Waals surface area contributed by atoms with Crippen molar-refractivity contribution in [1.29, 1.82) is 0 Å². The van der Waals surface area contributed by atoms with Gasteiger partial charge in [0.1, 0.15) is 0 Å². The number of piperidine rings is 1. The molecule has 3 heteroatoms. The first kappa shape index (κ1) is 14.1. The molecule has 104 valence electrons. The number of carbonyl (C=O) groups is 1. The first-order valence-electron chi connectivity index (χ1n) is 7.15. The number of hydrogen-bond donors (Lipinski definition) is 1. The highest BCUT2D eigenvalue weighted by molar-refractivity contribution is 5.78. The predicted octanol–water partition coefficient (Wildman–Crippen LogP) is 2.12. The summed E-state index contributed by atoms with van der Waals surface area (Å²) in [6.07, 6.45) is 2.73. The average molecular weight is 260 g/mol. The second kappa shape index (κ2) is 6.20. The van der Waals surface area contributed by atoms with E-state index in [-0.39, 0.29) is 11.9 Å². The van der Waals surface area contributed by atoms with Crippen molar-refractivity contribution >= 4 is 5.91 Å². The van der Waals surface area contributed by atoms with E-state index >= 15 is 0 Å². The van der Waals surface area contributed by atoms with E-state index in [2.05, 4.69) is 19.1 Å². The lowest BCUT2D eigenvalue weighted by Gasteiger charge is -2.34. The molecule has 1 aromatic carbocycles. The van der Waals surface area contributed by atoms with Crippen LogP contribution in [0.3, 0.4) is 0 Å². The average Bonchev–Trinajstić information content (AvgIpc) is 2.39. The summed E-state index contributed by atoms with van der Waals surface area (Å²) in [7, 11) is 0. The number of hydrogen-bond acceptors (Lipinski definition) is 2. The Bertz CT molecular complexity index is 442. The van der Waals surface area contributed by atoms with Gasteiger partial charge in [-0.05, 0) is 38.2 Å². The monoisotopic (exact) mass is 260 g/mol. The van der Waals surface area contributed by atoms with Gasteiger partial charge in [-0.3, -0.25) is 4.79 Å². The van der Waals surface area contributed by atoms with Crippen LogP contribution < -0.4 is 5.73 Å². The van der Waals surface area contributed by atoms with Gasteiger partial charge >= 0.3 is 0 Å². The number of nitrogens with two attached hydrogens (primary N) is 1. The summed E-state index contributed by atoms with van der Waals surface area (Å²) in [5.41, 5.74) is 8.27. The van der Waals surface area contributed by atoms with E-state index < -0.39 is 0 Å². The molecule has 2 atom stereocenters. The molecule has 1 heterocycles. The molecule has 1 fully saturated rings. The van der Waals surface area contributed by atoms with Crippen molar-refractivity contribution < 1.29 is 4.79 Å². The van der Waals surface area contributed by atoms with Gasteiger partial charge in [0.15, 0.2) is 0 Å². The van der Waals surface area contributed by atoms with E-state index in [0.717, 1.165) is 31.5 Å². The van der Waals surface area contributed by atoms with Crippen LogP contribution in [-0.2, 0) is 11.2 Å². The highest BCUT2D eigenvalue weighted by atomic mass is 16.2. The molecule has 0 aliphatic carbocycles. The molecule has 1 aliphatic heterocycles. The number of carbonyl (C=O) groups excluding carboxylic acids is 1. The van der Waals surface area contributed by atoms with Crippen LogP contribution in [0.25, 0.3) is 0 Å². The van der Waals surface area contributed by atoms with Gasteiger partial charge in [0.25, 0.3) is 0 Å². The minimum absolute atomic E-state index is 0.176. The minimum Gasteiger partial charge on any atom is -0.342 e. The Morgan fingerprint density at radius 3 is 3.00 bits per heavy atom. The van der Waals surface area contributed by atoms with Crippen molar-refractivity contribution in [2.75, 3.05) is 13.1 Å². The normalized spacial score (nSPS) is 21.2. The van der Waals surface area contributed by atoms with Crippen LogP contribution >= 0.6 is 0 Å². The predicted molar refractivity (Wildman–Crippen MR) is 77.8 cm³/mol. The van der Waals surface area contributed by atoms with Crippen molar-refractivity contribution in [2.24, 2.45) is 11.7 Å². The van der Waals surface area contributed by atoms with E-state index in [1.807, 2.05) is 24.0 Å². The lowest BCUT2D eigenvalue weighted by molar-refractivity contribution is -0.132. The Balaban J connectivity index is 1.96. The maximum absolute atomic E-state index is 12.3. The molecule has 0 aromatic heterocycles. The molecule has 2 N–H and O–H groups in total. The van der Waals surface area contributed by atoms with E-state index in [9.17, 15) is 4.79 Å². The fraction of sp³-hybridized carbons (Fsp3) is 0.562. The van der Waals surface area contributed by atoms with Crippen molar-refractivity contribution in [3.05, 3.63) is 35.4 Å². The summed E-state index contributed by atoms with van der Waals surface area (Å²) < 4.78 is 0.